The van der Waals surface area contributed by atoms with E-state index in [1.807, 2.05) is 11.9 Å². The number of hydrogen-bond donors (Lipinski definition) is 2. The van der Waals surface area contributed by atoms with Crippen molar-refractivity contribution in [1.29, 1.82) is 0 Å². The molecule has 2 aliphatic heterocycles. The maximum atomic E-state index is 14.7. The molecule has 2 saturated heterocycles. The van der Waals surface area contributed by atoms with Crippen LogP contribution in [0.2, 0.25) is 0 Å². The molecule has 3 heterocycles. The van der Waals surface area contributed by atoms with E-state index in [1.54, 1.807) is 36.4 Å². The molecule has 12 heteroatoms. The van der Waals surface area contributed by atoms with E-state index >= 15 is 0 Å². The van der Waals surface area contributed by atoms with Gasteiger partial charge in [0, 0.05) is 30.7 Å². The molecule has 1 aromatic heterocycles. The van der Waals surface area contributed by atoms with Crippen molar-refractivity contribution in [3.8, 4) is 17.6 Å². The number of nitrogens with zero attached hydrogens (tertiary/aromatic N) is 1. The summed E-state index contributed by atoms with van der Waals surface area (Å²) < 4.78 is 87.5. The van der Waals surface area contributed by atoms with Crippen LogP contribution >= 0.6 is 18.5 Å². The molecule has 0 radical (unpaired) electrons. The van der Waals surface area contributed by atoms with Crippen molar-refractivity contribution in [2.24, 2.45) is 0 Å². The zero-order valence-corrected chi connectivity index (χ0v) is 24.9. The lowest BCUT2D eigenvalue weighted by molar-refractivity contribution is -0.126. The Balaban J connectivity index is 1.38. The van der Waals surface area contributed by atoms with E-state index in [2.05, 4.69) is 22.5 Å². The molecule has 42 heavy (non-hydrogen) atoms. The highest BCUT2D eigenvalue weighted by Crippen LogP contribution is 2.51. The summed E-state index contributed by atoms with van der Waals surface area (Å²) in [7, 11) is -0.645. The Kier molecular flexibility index (Phi) is 9.36. The predicted molar refractivity (Wildman–Crippen MR) is 161 cm³/mol. The lowest BCUT2D eigenvalue weighted by Crippen LogP contribution is -2.46. The number of piperidine rings is 1. The van der Waals surface area contributed by atoms with Crippen LogP contribution in [0.5, 0.6) is 5.75 Å². The normalized spacial score (nSPS) is 20.7. The molecule has 0 unspecified atom stereocenters. The van der Waals surface area contributed by atoms with Gasteiger partial charge in [-0.1, -0.05) is 24.0 Å². The summed E-state index contributed by atoms with van der Waals surface area (Å²) in [6, 6.07) is 9.67. The van der Waals surface area contributed by atoms with E-state index in [0.717, 1.165) is 30.7 Å². The molecule has 3 aromatic rings. The predicted octanol–water partition coefficient (Wildman–Crippen LogP) is 7.01. The first-order valence-corrected chi connectivity index (χ1v) is 16.8. The van der Waals surface area contributed by atoms with Crippen molar-refractivity contribution in [3.63, 3.8) is 0 Å². The third kappa shape index (κ3) is 7.04. The van der Waals surface area contributed by atoms with Gasteiger partial charge in [-0.05, 0) is 61.5 Å². The Morgan fingerprint density at radius 2 is 1.95 bits per heavy atom. The number of anilines is 2. The van der Waals surface area contributed by atoms with Crippen LogP contribution in [-0.4, -0.2) is 69.2 Å². The molecular formula is C30H33F5N3O2PS. The van der Waals surface area contributed by atoms with Gasteiger partial charge in [0.05, 0.1) is 40.0 Å². The van der Waals surface area contributed by atoms with Crippen LogP contribution in [0.15, 0.2) is 36.4 Å². The highest BCUT2D eigenvalue weighted by molar-refractivity contribution is 7.71. The second-order valence-corrected chi connectivity index (χ2v) is 15.0. The molecule has 0 saturated carbocycles. The first kappa shape index (κ1) is 30.7. The quantitative estimate of drug-likeness (QED) is 0.160. The summed E-state index contributed by atoms with van der Waals surface area (Å²) in [5.41, 5.74) is 1.14. The first-order chi connectivity index (χ1) is 20.1. The third-order valence-electron chi connectivity index (χ3n) is 7.78. The molecule has 5 rings (SSSR count). The van der Waals surface area contributed by atoms with Gasteiger partial charge in [0.1, 0.15) is 19.1 Å². The van der Waals surface area contributed by atoms with E-state index in [9.17, 15) is 26.5 Å². The van der Waals surface area contributed by atoms with E-state index in [-0.39, 0.29) is 22.7 Å². The Bertz CT molecular complexity index is 1520. The van der Waals surface area contributed by atoms with E-state index < -0.39 is 38.8 Å². The lowest BCUT2D eigenvalue weighted by atomic mass is 10.0. The molecule has 0 amide bonds. The summed E-state index contributed by atoms with van der Waals surface area (Å²) in [4.78, 5) is 2.20. The van der Waals surface area contributed by atoms with E-state index in [4.69, 9.17) is 4.74 Å². The van der Waals surface area contributed by atoms with Crippen LogP contribution in [0.1, 0.15) is 29.7 Å². The minimum atomic E-state index is -4.44. The van der Waals surface area contributed by atoms with Crippen LogP contribution in [0.3, 0.4) is 0 Å². The molecule has 0 bridgehead atoms. The topological polar surface area (TPSA) is 53.6 Å². The van der Waals surface area contributed by atoms with Gasteiger partial charge in [0.25, 0.3) is 0 Å². The third-order valence-corrected chi connectivity index (χ3v) is 12.3. The summed E-state index contributed by atoms with van der Waals surface area (Å²) in [5, 5.41) is 7.38. The minimum Gasteiger partial charge on any atom is -0.461 e. The number of hydrogen-bond acceptors (Lipinski definition) is 6. The number of fused-ring (bicyclic) bond motifs is 1. The number of alkyl halides is 5. The van der Waals surface area contributed by atoms with Gasteiger partial charge in [0.2, 0.25) is 6.86 Å². The molecule has 2 fully saturated rings. The van der Waals surface area contributed by atoms with Gasteiger partial charge in [-0.15, -0.1) is 11.3 Å². The zero-order valence-electron chi connectivity index (χ0n) is 23.2. The summed E-state index contributed by atoms with van der Waals surface area (Å²) >= 11 is 1.15. The fraction of sp³-hybridized carbons (Fsp3) is 0.467. The minimum absolute atomic E-state index is 0.0591. The average Bonchev–Trinajstić information content (AvgIpc) is 3.53. The SMILES string of the molecule is CN1CC[C@H](Nc2cccc3c(CC(F)(F)F)c(C#CCNc4ccc(P5(=O)CCCC5)cc4OCF)sc23)[C@@H](F)C1. The maximum absolute atomic E-state index is 14.7. The van der Waals surface area contributed by atoms with Gasteiger partial charge in [-0.25, -0.2) is 8.78 Å². The summed E-state index contributed by atoms with van der Waals surface area (Å²) in [6.45, 7) is 0.0142. The van der Waals surface area contributed by atoms with Crippen molar-refractivity contribution in [2.75, 3.05) is 56.5 Å². The first-order valence-electron chi connectivity index (χ1n) is 13.9. The van der Waals surface area contributed by atoms with Crippen molar-refractivity contribution in [2.45, 2.75) is 44.1 Å². The summed E-state index contributed by atoms with van der Waals surface area (Å²) in [6.07, 6.45) is -3.05. The molecule has 0 aliphatic carbocycles. The number of rotatable bonds is 8. The van der Waals surface area contributed by atoms with E-state index in [1.165, 1.54) is 0 Å². The molecular weight excluding hydrogens is 592 g/mol. The standard InChI is InChI=1S/C30H33F5N3O2PS/c1-38-13-11-24(23(32)18-38)37-26-7-4-6-21-22(17-30(33,34)35)28(42-29(21)26)8-5-12-36-25-10-9-20(16-27(25)40-19-31)41(39)14-2-3-15-41/h4,6-7,9-10,16,23-24,36-37H,2-3,11-15,17-19H2,1H3/t23-,24-/m0/s1. The molecule has 2 atom stereocenters. The highest BCUT2D eigenvalue weighted by atomic mass is 32.1. The number of benzene rings is 2. The Labute approximate surface area is 246 Å². The van der Waals surface area contributed by atoms with Crippen LogP contribution < -0.4 is 20.7 Å². The monoisotopic (exact) mass is 625 g/mol. The number of nitrogens with one attached hydrogen (secondary N) is 2. The Hall–Kier alpha value is -2.80. The van der Waals surface area contributed by atoms with Gasteiger partial charge in [0.15, 0.2) is 0 Å². The number of thiophene rings is 1. The second-order valence-electron chi connectivity index (χ2n) is 10.8. The highest BCUT2D eigenvalue weighted by Gasteiger charge is 2.32. The number of halogens is 5. The van der Waals surface area contributed by atoms with Crippen molar-refractivity contribution < 1.29 is 31.3 Å². The van der Waals surface area contributed by atoms with Gasteiger partial charge in [-0.3, -0.25) is 0 Å². The van der Waals surface area contributed by atoms with Crippen LogP contribution in [0, 0.1) is 11.8 Å². The summed E-state index contributed by atoms with van der Waals surface area (Å²) in [5.74, 6) is 6.00. The molecule has 226 valence electrons. The molecule has 0 spiro atoms. The van der Waals surface area contributed by atoms with Crippen LogP contribution in [-0.2, 0) is 11.0 Å². The largest absolute Gasteiger partial charge is 0.461 e. The van der Waals surface area contributed by atoms with Crippen molar-refractivity contribution >= 4 is 45.2 Å². The Morgan fingerprint density at radius 1 is 1.17 bits per heavy atom. The number of likely N-dealkylation sites (tertiary alicyclic amines) is 1. The zero-order chi connectivity index (χ0) is 29.9. The fourth-order valence-corrected chi connectivity index (χ4v) is 9.72. The molecule has 5 nitrogen and oxygen atoms in total. The lowest BCUT2D eigenvalue weighted by Gasteiger charge is -2.33. The van der Waals surface area contributed by atoms with Gasteiger partial charge < -0.3 is 24.8 Å². The average molecular weight is 626 g/mol. The molecule has 2 aromatic carbocycles. The fourth-order valence-electron chi connectivity index (χ4n) is 5.64. The maximum Gasteiger partial charge on any atom is 0.393 e. The Morgan fingerprint density at radius 3 is 2.67 bits per heavy atom. The van der Waals surface area contributed by atoms with Gasteiger partial charge >= 0.3 is 6.18 Å². The van der Waals surface area contributed by atoms with Crippen molar-refractivity contribution in [1.82, 2.24) is 4.90 Å². The smallest absolute Gasteiger partial charge is 0.393 e. The van der Waals surface area contributed by atoms with Crippen LogP contribution in [0.4, 0.5) is 33.3 Å². The van der Waals surface area contributed by atoms with Gasteiger partial charge in [-0.2, -0.15) is 13.2 Å². The molecule has 2 N–H and O–H groups in total. The van der Waals surface area contributed by atoms with Crippen molar-refractivity contribution in [3.05, 3.63) is 46.8 Å². The van der Waals surface area contributed by atoms with Crippen LogP contribution in [0.25, 0.3) is 10.1 Å². The van der Waals surface area contributed by atoms with E-state index in [0.29, 0.717) is 52.1 Å². The number of ether oxygens (including phenoxy) is 1. The molecule has 2 aliphatic rings. The second kappa shape index (κ2) is 12.8.